The van der Waals surface area contributed by atoms with E-state index in [2.05, 4.69) is 11.1 Å². The third-order valence-corrected chi connectivity index (χ3v) is 3.57. The summed E-state index contributed by atoms with van der Waals surface area (Å²) in [5.74, 6) is -0.412. The first-order valence-corrected chi connectivity index (χ1v) is 6.23. The van der Waals surface area contributed by atoms with Crippen LogP contribution in [0, 0.1) is 5.95 Å². The van der Waals surface area contributed by atoms with E-state index in [-0.39, 0.29) is 12.2 Å². The zero-order valence-electron chi connectivity index (χ0n) is 10.8. The molecular weight excluding hydrogens is 241 g/mol. The Kier molecular flexibility index (Phi) is 3.93. The summed E-state index contributed by atoms with van der Waals surface area (Å²) in [5, 5.41) is 0. The van der Waals surface area contributed by atoms with Crippen LogP contribution in [0.25, 0.3) is 11.1 Å². The fraction of sp³-hybridized carbons (Fsp3) is 0.267. The highest BCUT2D eigenvalue weighted by atomic mass is 19.1. The van der Waals surface area contributed by atoms with Crippen LogP contribution >= 0.6 is 0 Å². The van der Waals surface area contributed by atoms with Crippen LogP contribution in [-0.2, 0) is 12.8 Å². The summed E-state index contributed by atoms with van der Waals surface area (Å²) >= 11 is 0. The largest absolute Gasteiger partial charge is 0.344 e. The SMILES string of the molecule is N.N[C@@H]1CCc2cccc(-c3cccnc3F)c2C1. The van der Waals surface area contributed by atoms with E-state index in [1.54, 1.807) is 12.1 Å². The smallest absolute Gasteiger partial charge is 0.220 e. The molecular formula is C15H18FN3. The summed E-state index contributed by atoms with van der Waals surface area (Å²) in [6.45, 7) is 0. The molecule has 0 saturated heterocycles. The highest BCUT2D eigenvalue weighted by Gasteiger charge is 2.20. The standard InChI is InChI=1S/C15H15FN2.H3N/c16-15-13(5-2-8-18-15)12-4-1-3-10-6-7-11(17)9-14(10)12;/h1-5,8,11H,6-7,9,17H2;1H3/t11-;/m1./s1. The lowest BCUT2D eigenvalue weighted by Crippen LogP contribution is -2.28. The second-order valence-electron chi connectivity index (χ2n) is 4.79. The molecule has 4 heteroatoms. The van der Waals surface area contributed by atoms with Gasteiger partial charge in [0.2, 0.25) is 5.95 Å². The minimum atomic E-state index is -0.412. The average Bonchev–Trinajstić information content (AvgIpc) is 2.39. The maximum Gasteiger partial charge on any atom is 0.220 e. The van der Waals surface area contributed by atoms with E-state index in [0.29, 0.717) is 5.56 Å². The Morgan fingerprint density at radius 3 is 2.74 bits per heavy atom. The predicted octanol–water partition coefficient (Wildman–Crippen LogP) is 2.87. The quantitative estimate of drug-likeness (QED) is 0.773. The predicted molar refractivity (Wildman–Crippen MR) is 74.7 cm³/mol. The first kappa shape index (κ1) is 13.6. The number of pyridine rings is 1. The summed E-state index contributed by atoms with van der Waals surface area (Å²) in [5.41, 5.74) is 10.0. The van der Waals surface area contributed by atoms with Crippen LogP contribution in [-0.4, -0.2) is 11.0 Å². The van der Waals surface area contributed by atoms with Gasteiger partial charge in [0, 0.05) is 17.8 Å². The summed E-state index contributed by atoms with van der Waals surface area (Å²) in [6.07, 6.45) is 4.28. The van der Waals surface area contributed by atoms with Crippen molar-refractivity contribution in [3.05, 3.63) is 53.6 Å². The number of fused-ring (bicyclic) bond motifs is 1. The van der Waals surface area contributed by atoms with Gasteiger partial charge in [0.15, 0.2) is 0 Å². The highest BCUT2D eigenvalue weighted by molar-refractivity contribution is 5.69. The van der Waals surface area contributed by atoms with E-state index in [1.165, 1.54) is 17.3 Å². The number of hydrogen-bond donors (Lipinski definition) is 2. The molecule has 1 aliphatic rings. The van der Waals surface area contributed by atoms with Crippen LogP contribution in [0.4, 0.5) is 4.39 Å². The van der Waals surface area contributed by atoms with Gasteiger partial charge in [-0.2, -0.15) is 4.39 Å². The second-order valence-corrected chi connectivity index (χ2v) is 4.79. The topological polar surface area (TPSA) is 73.9 Å². The van der Waals surface area contributed by atoms with Gasteiger partial charge in [-0.25, -0.2) is 4.98 Å². The Labute approximate surface area is 112 Å². The number of halogens is 1. The molecule has 3 nitrogen and oxygen atoms in total. The number of aromatic nitrogens is 1. The van der Waals surface area contributed by atoms with E-state index in [4.69, 9.17) is 5.73 Å². The number of benzene rings is 1. The van der Waals surface area contributed by atoms with E-state index >= 15 is 0 Å². The molecule has 2 aromatic rings. The zero-order chi connectivity index (χ0) is 12.5. The van der Waals surface area contributed by atoms with Crippen LogP contribution in [0.1, 0.15) is 17.5 Å². The van der Waals surface area contributed by atoms with Crippen molar-refractivity contribution in [1.29, 1.82) is 0 Å². The summed E-state index contributed by atoms with van der Waals surface area (Å²) in [6, 6.07) is 9.77. The first-order chi connectivity index (χ1) is 8.75. The molecule has 19 heavy (non-hydrogen) atoms. The van der Waals surface area contributed by atoms with Crippen molar-refractivity contribution in [2.75, 3.05) is 0 Å². The van der Waals surface area contributed by atoms with Crippen molar-refractivity contribution < 1.29 is 4.39 Å². The molecule has 0 amide bonds. The molecule has 0 fully saturated rings. The van der Waals surface area contributed by atoms with Gasteiger partial charge in [-0.3, -0.25) is 0 Å². The van der Waals surface area contributed by atoms with E-state index in [9.17, 15) is 4.39 Å². The van der Waals surface area contributed by atoms with Crippen LogP contribution in [0.15, 0.2) is 36.5 Å². The van der Waals surface area contributed by atoms with Gasteiger partial charge < -0.3 is 11.9 Å². The van der Waals surface area contributed by atoms with Crippen LogP contribution in [0.3, 0.4) is 0 Å². The Balaban J connectivity index is 0.00000133. The van der Waals surface area contributed by atoms with Crippen molar-refractivity contribution in [2.45, 2.75) is 25.3 Å². The van der Waals surface area contributed by atoms with Gasteiger partial charge in [-0.15, -0.1) is 0 Å². The molecule has 1 aromatic carbocycles. The van der Waals surface area contributed by atoms with Crippen molar-refractivity contribution in [3.63, 3.8) is 0 Å². The third kappa shape index (κ3) is 2.50. The number of nitrogens with zero attached hydrogens (tertiary/aromatic N) is 1. The molecule has 1 heterocycles. The number of aryl methyl sites for hydroxylation is 1. The second kappa shape index (κ2) is 5.47. The maximum atomic E-state index is 13.8. The monoisotopic (exact) mass is 259 g/mol. The van der Waals surface area contributed by atoms with Gasteiger partial charge in [0.1, 0.15) is 0 Å². The summed E-state index contributed by atoms with van der Waals surface area (Å²) < 4.78 is 13.8. The lowest BCUT2D eigenvalue weighted by Gasteiger charge is -2.24. The van der Waals surface area contributed by atoms with E-state index in [1.807, 2.05) is 12.1 Å². The van der Waals surface area contributed by atoms with Crippen molar-refractivity contribution in [1.82, 2.24) is 11.1 Å². The number of nitrogens with two attached hydrogens (primary N) is 1. The van der Waals surface area contributed by atoms with Gasteiger partial charge in [0.25, 0.3) is 0 Å². The van der Waals surface area contributed by atoms with Crippen molar-refractivity contribution >= 4 is 0 Å². The van der Waals surface area contributed by atoms with Gasteiger partial charge >= 0.3 is 0 Å². The van der Waals surface area contributed by atoms with Gasteiger partial charge in [-0.05, 0) is 48.1 Å². The zero-order valence-corrected chi connectivity index (χ0v) is 10.8. The van der Waals surface area contributed by atoms with E-state index in [0.717, 1.165) is 24.8 Å². The minimum Gasteiger partial charge on any atom is -0.344 e. The first-order valence-electron chi connectivity index (χ1n) is 6.23. The Morgan fingerprint density at radius 2 is 1.95 bits per heavy atom. The molecule has 0 bridgehead atoms. The lowest BCUT2D eigenvalue weighted by molar-refractivity contribution is 0.573. The maximum absolute atomic E-state index is 13.8. The van der Waals surface area contributed by atoms with Gasteiger partial charge in [0.05, 0.1) is 0 Å². The molecule has 1 aromatic heterocycles. The molecule has 1 atom stereocenters. The summed E-state index contributed by atoms with van der Waals surface area (Å²) in [7, 11) is 0. The lowest BCUT2D eigenvalue weighted by atomic mass is 9.84. The van der Waals surface area contributed by atoms with E-state index < -0.39 is 5.95 Å². The van der Waals surface area contributed by atoms with Crippen molar-refractivity contribution in [2.24, 2.45) is 5.73 Å². The molecule has 1 aliphatic carbocycles. The van der Waals surface area contributed by atoms with Crippen LogP contribution in [0.2, 0.25) is 0 Å². The Bertz CT molecular complexity index is 583. The Morgan fingerprint density at radius 1 is 1.16 bits per heavy atom. The molecule has 0 saturated carbocycles. The molecule has 5 N–H and O–H groups in total. The fourth-order valence-corrected chi connectivity index (χ4v) is 2.65. The number of rotatable bonds is 1. The highest BCUT2D eigenvalue weighted by Crippen LogP contribution is 2.31. The molecule has 100 valence electrons. The minimum absolute atomic E-state index is 0. The normalized spacial score (nSPS) is 17.5. The average molecular weight is 259 g/mol. The molecule has 0 radical (unpaired) electrons. The third-order valence-electron chi connectivity index (χ3n) is 3.57. The fourth-order valence-electron chi connectivity index (χ4n) is 2.65. The van der Waals surface area contributed by atoms with Crippen molar-refractivity contribution in [3.8, 4) is 11.1 Å². The molecule has 0 spiro atoms. The van der Waals surface area contributed by atoms with Crippen LogP contribution in [0.5, 0.6) is 0 Å². The summed E-state index contributed by atoms with van der Waals surface area (Å²) in [4.78, 5) is 3.73. The molecule has 3 rings (SSSR count). The molecule has 0 aliphatic heterocycles. The van der Waals surface area contributed by atoms with Gasteiger partial charge in [-0.1, -0.05) is 18.2 Å². The Hall–Kier alpha value is -1.78. The van der Waals surface area contributed by atoms with Crippen LogP contribution < -0.4 is 11.9 Å². The molecule has 0 unspecified atom stereocenters. The number of hydrogen-bond acceptors (Lipinski definition) is 3.